The second kappa shape index (κ2) is 6.67. The highest BCUT2D eigenvalue weighted by Crippen LogP contribution is 2.19. The predicted molar refractivity (Wildman–Crippen MR) is 62.1 cm³/mol. The molecule has 0 spiro atoms. The van der Waals surface area contributed by atoms with E-state index in [4.69, 9.17) is 9.52 Å². The van der Waals surface area contributed by atoms with Crippen LogP contribution >= 0.6 is 0 Å². The van der Waals surface area contributed by atoms with E-state index in [1.54, 1.807) is 0 Å². The second-order valence-corrected chi connectivity index (χ2v) is 4.20. The van der Waals surface area contributed by atoms with Crippen molar-refractivity contribution in [3.63, 3.8) is 0 Å². The summed E-state index contributed by atoms with van der Waals surface area (Å²) in [6.45, 7) is 4.34. The summed E-state index contributed by atoms with van der Waals surface area (Å²) >= 11 is 0. The average Bonchev–Trinajstić information content (AvgIpc) is 2.72. The molecule has 0 saturated carbocycles. The molecule has 86 valence electrons. The van der Waals surface area contributed by atoms with Crippen molar-refractivity contribution in [2.24, 2.45) is 0 Å². The van der Waals surface area contributed by atoms with E-state index < -0.39 is 0 Å². The Kier molecular flexibility index (Phi) is 5.48. The van der Waals surface area contributed by atoms with Crippen molar-refractivity contribution in [3.05, 3.63) is 23.7 Å². The van der Waals surface area contributed by atoms with Crippen LogP contribution in [0.1, 0.15) is 57.0 Å². The summed E-state index contributed by atoms with van der Waals surface area (Å²) in [6.07, 6.45) is 6.08. The van der Waals surface area contributed by atoms with Gasteiger partial charge in [-0.1, -0.05) is 33.1 Å². The van der Waals surface area contributed by atoms with Gasteiger partial charge in [-0.25, -0.2) is 0 Å². The Morgan fingerprint density at radius 3 is 2.73 bits per heavy atom. The largest absolute Gasteiger partial charge is 0.466 e. The van der Waals surface area contributed by atoms with Crippen LogP contribution < -0.4 is 0 Å². The Morgan fingerprint density at radius 2 is 2.07 bits per heavy atom. The Labute approximate surface area is 92.3 Å². The molecular formula is C13H22O2. The number of hydrogen-bond acceptors (Lipinski definition) is 2. The normalized spacial score (nSPS) is 13.0. The predicted octanol–water partition coefficient (Wildman–Crippen LogP) is 3.50. The summed E-state index contributed by atoms with van der Waals surface area (Å²) in [7, 11) is 0. The third-order valence-corrected chi connectivity index (χ3v) is 2.72. The summed E-state index contributed by atoms with van der Waals surface area (Å²) in [5.41, 5.74) is 0. The van der Waals surface area contributed by atoms with Gasteiger partial charge in [-0.15, -0.1) is 0 Å². The van der Waals surface area contributed by atoms with Crippen molar-refractivity contribution < 1.29 is 9.52 Å². The first-order valence-electron chi connectivity index (χ1n) is 5.97. The zero-order valence-electron chi connectivity index (χ0n) is 9.83. The molecule has 0 aromatic carbocycles. The molecule has 0 fully saturated rings. The molecule has 2 nitrogen and oxygen atoms in total. The van der Waals surface area contributed by atoms with Gasteiger partial charge in [0.25, 0.3) is 0 Å². The summed E-state index contributed by atoms with van der Waals surface area (Å²) < 4.78 is 5.66. The summed E-state index contributed by atoms with van der Waals surface area (Å²) in [6, 6.07) is 4.02. The molecule has 1 rings (SSSR count). The Hall–Kier alpha value is -0.760. The summed E-state index contributed by atoms with van der Waals surface area (Å²) in [5.74, 6) is 2.08. The zero-order valence-corrected chi connectivity index (χ0v) is 9.83. The molecule has 0 aliphatic heterocycles. The molecular weight excluding hydrogens is 188 g/mol. The molecule has 0 bridgehead atoms. The summed E-state index contributed by atoms with van der Waals surface area (Å²) in [5, 5.41) is 8.98. The van der Waals surface area contributed by atoms with Crippen molar-refractivity contribution >= 4 is 0 Å². The summed E-state index contributed by atoms with van der Waals surface area (Å²) in [4.78, 5) is 0. The number of furan rings is 1. The van der Waals surface area contributed by atoms with E-state index in [1.165, 1.54) is 25.7 Å². The van der Waals surface area contributed by atoms with Gasteiger partial charge in [-0.05, 0) is 18.6 Å². The second-order valence-electron chi connectivity index (χ2n) is 4.20. The number of aliphatic hydroxyl groups excluding tert-OH is 1. The molecule has 1 aromatic rings. The quantitative estimate of drug-likeness (QED) is 0.699. The monoisotopic (exact) mass is 210 g/mol. The maximum absolute atomic E-state index is 8.98. The van der Waals surface area contributed by atoms with Crippen LogP contribution in [0.4, 0.5) is 0 Å². The third kappa shape index (κ3) is 4.08. The highest BCUT2D eigenvalue weighted by atomic mass is 16.3. The highest BCUT2D eigenvalue weighted by Gasteiger charge is 2.08. The molecule has 0 aliphatic rings. The van der Waals surface area contributed by atoms with E-state index in [0.717, 1.165) is 17.9 Å². The molecule has 1 aromatic heterocycles. The number of unbranched alkanes of at least 4 members (excludes halogenated alkanes) is 3. The average molecular weight is 210 g/mol. The minimum absolute atomic E-state index is 0.120. The molecule has 0 radical (unpaired) electrons. The minimum atomic E-state index is 0.120. The number of aliphatic hydroxyl groups is 1. The van der Waals surface area contributed by atoms with Gasteiger partial charge in [0.15, 0.2) is 0 Å². The minimum Gasteiger partial charge on any atom is -0.466 e. The molecule has 0 aliphatic carbocycles. The smallest absolute Gasteiger partial charge is 0.109 e. The lowest BCUT2D eigenvalue weighted by molar-refractivity contribution is 0.255. The van der Waals surface area contributed by atoms with Crippen LogP contribution in [0.3, 0.4) is 0 Å². The van der Waals surface area contributed by atoms with Gasteiger partial charge >= 0.3 is 0 Å². The van der Waals surface area contributed by atoms with Crippen LogP contribution in [0, 0.1) is 0 Å². The lowest BCUT2D eigenvalue weighted by atomic mass is 10.1. The first-order valence-corrected chi connectivity index (χ1v) is 5.97. The van der Waals surface area contributed by atoms with Gasteiger partial charge in [-0.2, -0.15) is 0 Å². The maximum atomic E-state index is 8.98. The van der Waals surface area contributed by atoms with Gasteiger partial charge in [0.2, 0.25) is 0 Å². The van der Waals surface area contributed by atoms with E-state index in [0.29, 0.717) is 0 Å². The van der Waals surface area contributed by atoms with Crippen LogP contribution in [-0.4, -0.2) is 11.7 Å². The van der Waals surface area contributed by atoms with Gasteiger partial charge < -0.3 is 9.52 Å². The molecule has 2 heteroatoms. The lowest BCUT2D eigenvalue weighted by Crippen LogP contribution is -1.96. The highest BCUT2D eigenvalue weighted by molar-refractivity contribution is 5.10. The molecule has 1 heterocycles. The van der Waals surface area contributed by atoms with E-state index in [9.17, 15) is 0 Å². The fourth-order valence-corrected chi connectivity index (χ4v) is 1.61. The molecule has 1 atom stereocenters. The van der Waals surface area contributed by atoms with E-state index >= 15 is 0 Å². The van der Waals surface area contributed by atoms with Crippen molar-refractivity contribution in [1.29, 1.82) is 0 Å². The van der Waals surface area contributed by atoms with Gasteiger partial charge in [0.1, 0.15) is 11.5 Å². The van der Waals surface area contributed by atoms with Crippen molar-refractivity contribution in [1.82, 2.24) is 0 Å². The van der Waals surface area contributed by atoms with Gasteiger partial charge in [0, 0.05) is 12.3 Å². The fourth-order valence-electron chi connectivity index (χ4n) is 1.61. The number of rotatable bonds is 7. The molecule has 1 N–H and O–H groups in total. The molecule has 0 saturated heterocycles. The fraction of sp³-hybridized carbons (Fsp3) is 0.692. The Morgan fingerprint density at radius 1 is 1.27 bits per heavy atom. The van der Waals surface area contributed by atoms with Crippen molar-refractivity contribution in [3.8, 4) is 0 Å². The van der Waals surface area contributed by atoms with E-state index in [-0.39, 0.29) is 12.5 Å². The number of aryl methyl sites for hydroxylation is 1. The third-order valence-electron chi connectivity index (χ3n) is 2.72. The maximum Gasteiger partial charge on any atom is 0.109 e. The van der Waals surface area contributed by atoms with E-state index in [2.05, 4.69) is 6.92 Å². The van der Waals surface area contributed by atoms with Crippen molar-refractivity contribution in [2.75, 3.05) is 6.61 Å². The van der Waals surface area contributed by atoms with Crippen LogP contribution in [0.5, 0.6) is 0 Å². The van der Waals surface area contributed by atoms with Gasteiger partial charge in [-0.3, -0.25) is 0 Å². The number of hydrogen-bond donors (Lipinski definition) is 1. The van der Waals surface area contributed by atoms with E-state index in [1.807, 2.05) is 19.1 Å². The van der Waals surface area contributed by atoms with Crippen LogP contribution in [0.15, 0.2) is 16.5 Å². The molecule has 0 unspecified atom stereocenters. The standard InChI is InChI=1S/C13H22O2/c1-3-4-5-6-7-12-8-9-13(15-12)11(2)10-14/h8-9,11,14H,3-7,10H2,1-2H3/t11-/m0/s1. The van der Waals surface area contributed by atoms with Crippen molar-refractivity contribution in [2.45, 2.75) is 51.9 Å². The molecule has 0 amide bonds. The molecule has 15 heavy (non-hydrogen) atoms. The van der Waals surface area contributed by atoms with Crippen LogP contribution in [0.25, 0.3) is 0 Å². The first kappa shape index (κ1) is 12.3. The van der Waals surface area contributed by atoms with Gasteiger partial charge in [0.05, 0.1) is 6.61 Å². The van der Waals surface area contributed by atoms with Crippen LogP contribution in [-0.2, 0) is 6.42 Å². The lowest BCUT2D eigenvalue weighted by Gasteiger charge is -2.02. The SMILES string of the molecule is CCCCCCc1ccc([C@@H](C)CO)o1. The van der Waals surface area contributed by atoms with Crippen LogP contribution in [0.2, 0.25) is 0 Å². The Bertz CT molecular complexity index is 265. The Balaban J connectivity index is 2.33. The zero-order chi connectivity index (χ0) is 11.1. The first-order chi connectivity index (χ1) is 7.27. The topological polar surface area (TPSA) is 33.4 Å².